The van der Waals surface area contributed by atoms with Crippen molar-refractivity contribution in [1.29, 1.82) is 0 Å². The summed E-state index contributed by atoms with van der Waals surface area (Å²) in [5, 5.41) is 1.80. The molecule has 1 nitrogen and oxygen atoms in total. The van der Waals surface area contributed by atoms with Crippen LogP contribution in [0, 0.1) is 0 Å². The van der Waals surface area contributed by atoms with E-state index in [1.165, 1.54) is 10.9 Å². The average Bonchev–Trinajstić information content (AvgIpc) is 2.26. The Balaban J connectivity index is 2.69. The van der Waals surface area contributed by atoms with E-state index >= 15 is 0 Å². The minimum Gasteiger partial charge on any atom is -0.236 e. The molecule has 2 aromatic rings. The van der Waals surface area contributed by atoms with Gasteiger partial charge in [-0.05, 0) is 41.2 Å². The van der Waals surface area contributed by atoms with Gasteiger partial charge in [0, 0.05) is 5.39 Å². The maximum absolute atomic E-state index is 6.25. The van der Waals surface area contributed by atoms with E-state index in [9.17, 15) is 0 Å². The fraction of sp³-hybridized carbons (Fsp3) is 0.400. The van der Waals surface area contributed by atoms with E-state index in [0.717, 1.165) is 17.5 Å². The number of halogens is 1. The summed E-state index contributed by atoms with van der Waals surface area (Å²) in [5.41, 5.74) is 3.45. The summed E-state index contributed by atoms with van der Waals surface area (Å²) >= 11 is 6.25. The molecule has 0 spiro atoms. The quantitative estimate of drug-likeness (QED) is 0.663. The molecular weight excluding hydrogens is 230 g/mol. The summed E-state index contributed by atoms with van der Waals surface area (Å²) in [6.07, 6.45) is 1.05. The molecule has 0 radical (unpaired) electrons. The van der Waals surface area contributed by atoms with Crippen molar-refractivity contribution in [2.45, 2.75) is 39.5 Å². The Kier molecular flexibility index (Phi) is 3.13. The standard InChI is InChI=1S/C15H18ClN/c1-5-10-6-7-13-11(8-10)9-12(14(16)17-13)15(2,3)4/h6-9H,5H2,1-4H3. The third-order valence-corrected chi connectivity index (χ3v) is 3.34. The van der Waals surface area contributed by atoms with Gasteiger partial charge in [-0.15, -0.1) is 0 Å². The lowest BCUT2D eigenvalue weighted by atomic mass is 9.87. The minimum absolute atomic E-state index is 0.0283. The summed E-state index contributed by atoms with van der Waals surface area (Å²) in [6.45, 7) is 8.64. The SMILES string of the molecule is CCc1ccc2nc(Cl)c(C(C)(C)C)cc2c1. The summed E-state index contributed by atoms with van der Waals surface area (Å²) in [6, 6.07) is 8.53. The van der Waals surface area contributed by atoms with E-state index in [1.54, 1.807) is 0 Å². The van der Waals surface area contributed by atoms with Gasteiger partial charge in [-0.1, -0.05) is 45.4 Å². The first kappa shape index (κ1) is 12.4. The van der Waals surface area contributed by atoms with Crippen LogP contribution in [0.2, 0.25) is 5.15 Å². The van der Waals surface area contributed by atoms with Crippen LogP contribution in [-0.2, 0) is 11.8 Å². The zero-order valence-corrected chi connectivity index (χ0v) is 11.6. The Hall–Kier alpha value is -1.08. The molecule has 0 atom stereocenters. The lowest BCUT2D eigenvalue weighted by Crippen LogP contribution is -2.12. The summed E-state index contributed by atoms with van der Waals surface area (Å²) in [5.74, 6) is 0. The van der Waals surface area contributed by atoms with Crippen LogP contribution in [0.25, 0.3) is 10.9 Å². The Morgan fingerprint density at radius 3 is 2.47 bits per heavy atom. The molecule has 90 valence electrons. The predicted octanol–water partition coefficient (Wildman–Crippen LogP) is 4.75. The van der Waals surface area contributed by atoms with E-state index in [1.807, 2.05) is 6.07 Å². The number of nitrogens with zero attached hydrogens (tertiary/aromatic N) is 1. The zero-order valence-electron chi connectivity index (χ0n) is 10.8. The first-order valence-corrected chi connectivity index (χ1v) is 6.39. The lowest BCUT2D eigenvalue weighted by molar-refractivity contribution is 0.589. The lowest BCUT2D eigenvalue weighted by Gasteiger charge is -2.20. The first-order valence-electron chi connectivity index (χ1n) is 6.01. The molecule has 0 N–H and O–H groups in total. The number of rotatable bonds is 1. The molecule has 1 heterocycles. The normalized spacial score (nSPS) is 12.1. The highest BCUT2D eigenvalue weighted by Gasteiger charge is 2.18. The van der Waals surface area contributed by atoms with Crippen LogP contribution in [-0.4, -0.2) is 4.98 Å². The molecule has 2 rings (SSSR count). The van der Waals surface area contributed by atoms with Crippen molar-refractivity contribution in [3.63, 3.8) is 0 Å². The molecule has 0 fully saturated rings. The maximum Gasteiger partial charge on any atom is 0.133 e. The van der Waals surface area contributed by atoms with Crippen LogP contribution in [0.3, 0.4) is 0 Å². The second kappa shape index (κ2) is 4.30. The third-order valence-electron chi connectivity index (χ3n) is 3.05. The van der Waals surface area contributed by atoms with Gasteiger partial charge in [0.1, 0.15) is 5.15 Å². The smallest absolute Gasteiger partial charge is 0.133 e. The Morgan fingerprint density at radius 1 is 1.18 bits per heavy atom. The van der Waals surface area contributed by atoms with E-state index in [-0.39, 0.29) is 5.41 Å². The molecule has 0 aliphatic rings. The highest BCUT2D eigenvalue weighted by atomic mass is 35.5. The number of aryl methyl sites for hydroxylation is 1. The van der Waals surface area contributed by atoms with Gasteiger partial charge >= 0.3 is 0 Å². The van der Waals surface area contributed by atoms with Crippen molar-refractivity contribution in [2.75, 3.05) is 0 Å². The Morgan fingerprint density at radius 2 is 1.88 bits per heavy atom. The number of hydrogen-bond acceptors (Lipinski definition) is 1. The van der Waals surface area contributed by atoms with E-state index < -0.39 is 0 Å². The van der Waals surface area contributed by atoms with Crippen LogP contribution in [0.1, 0.15) is 38.8 Å². The molecule has 0 saturated carbocycles. The van der Waals surface area contributed by atoms with Gasteiger partial charge in [-0.3, -0.25) is 0 Å². The largest absolute Gasteiger partial charge is 0.236 e. The number of pyridine rings is 1. The fourth-order valence-electron chi connectivity index (χ4n) is 1.95. The van der Waals surface area contributed by atoms with Crippen LogP contribution in [0.4, 0.5) is 0 Å². The molecular formula is C15H18ClN. The zero-order chi connectivity index (χ0) is 12.6. The van der Waals surface area contributed by atoms with Gasteiger partial charge < -0.3 is 0 Å². The molecule has 0 amide bonds. The van der Waals surface area contributed by atoms with Crippen molar-refractivity contribution >= 4 is 22.5 Å². The van der Waals surface area contributed by atoms with Gasteiger partial charge in [-0.25, -0.2) is 4.98 Å². The van der Waals surface area contributed by atoms with Gasteiger partial charge in [0.15, 0.2) is 0 Å². The number of benzene rings is 1. The van der Waals surface area contributed by atoms with Gasteiger partial charge in [0.2, 0.25) is 0 Å². The molecule has 17 heavy (non-hydrogen) atoms. The second-order valence-corrected chi connectivity index (χ2v) is 5.82. The maximum atomic E-state index is 6.25. The van der Waals surface area contributed by atoms with Crippen LogP contribution < -0.4 is 0 Å². The summed E-state index contributed by atoms with van der Waals surface area (Å²) in [4.78, 5) is 4.48. The topological polar surface area (TPSA) is 12.9 Å². The van der Waals surface area contributed by atoms with Crippen LogP contribution in [0.5, 0.6) is 0 Å². The number of fused-ring (bicyclic) bond motifs is 1. The Bertz CT molecular complexity index is 553. The fourth-order valence-corrected chi connectivity index (χ4v) is 2.38. The summed E-state index contributed by atoms with van der Waals surface area (Å²) in [7, 11) is 0. The van der Waals surface area contributed by atoms with Crippen molar-refractivity contribution < 1.29 is 0 Å². The monoisotopic (exact) mass is 247 g/mol. The van der Waals surface area contributed by atoms with E-state index in [2.05, 4.69) is 50.9 Å². The molecule has 0 saturated heterocycles. The number of aromatic nitrogens is 1. The predicted molar refractivity (Wildman–Crippen MR) is 74.8 cm³/mol. The summed E-state index contributed by atoms with van der Waals surface area (Å²) < 4.78 is 0. The minimum atomic E-state index is 0.0283. The number of hydrogen-bond donors (Lipinski definition) is 0. The highest BCUT2D eigenvalue weighted by molar-refractivity contribution is 6.30. The molecule has 1 aromatic heterocycles. The average molecular weight is 248 g/mol. The Labute approximate surface area is 108 Å². The van der Waals surface area contributed by atoms with Crippen molar-refractivity contribution in [1.82, 2.24) is 4.98 Å². The van der Waals surface area contributed by atoms with Crippen LogP contribution in [0.15, 0.2) is 24.3 Å². The van der Waals surface area contributed by atoms with E-state index in [0.29, 0.717) is 5.15 Å². The molecule has 0 aliphatic carbocycles. The van der Waals surface area contributed by atoms with Crippen molar-refractivity contribution in [3.05, 3.63) is 40.5 Å². The molecule has 0 aliphatic heterocycles. The van der Waals surface area contributed by atoms with Gasteiger partial charge in [0.05, 0.1) is 5.52 Å². The first-order chi connectivity index (χ1) is 7.91. The van der Waals surface area contributed by atoms with Gasteiger partial charge in [0.25, 0.3) is 0 Å². The third kappa shape index (κ3) is 2.44. The molecule has 0 bridgehead atoms. The van der Waals surface area contributed by atoms with Crippen LogP contribution >= 0.6 is 11.6 Å². The highest BCUT2D eigenvalue weighted by Crippen LogP contribution is 2.31. The molecule has 1 aromatic carbocycles. The van der Waals surface area contributed by atoms with E-state index in [4.69, 9.17) is 11.6 Å². The second-order valence-electron chi connectivity index (χ2n) is 5.46. The van der Waals surface area contributed by atoms with Crippen molar-refractivity contribution in [2.24, 2.45) is 0 Å². The van der Waals surface area contributed by atoms with Crippen molar-refractivity contribution in [3.8, 4) is 0 Å². The molecule has 2 heteroatoms. The molecule has 0 unspecified atom stereocenters. The van der Waals surface area contributed by atoms with Gasteiger partial charge in [-0.2, -0.15) is 0 Å².